The third-order valence-electron chi connectivity index (χ3n) is 4.28. The zero-order valence-electron chi connectivity index (χ0n) is 14.3. The Hall–Kier alpha value is -1.26. The van der Waals surface area contributed by atoms with Crippen LogP contribution in [0.25, 0.3) is 0 Å². The zero-order chi connectivity index (χ0) is 16.0. The molecule has 0 unspecified atom stereocenters. The number of nitrogens with zero attached hydrogens (tertiary/aromatic N) is 2. The van der Waals surface area contributed by atoms with Crippen LogP contribution in [-0.4, -0.2) is 14.9 Å². The molecule has 0 aromatic carbocycles. The van der Waals surface area contributed by atoms with Crippen LogP contribution in [0, 0.1) is 0 Å². The van der Waals surface area contributed by atoms with Crippen LogP contribution in [0.1, 0.15) is 96.2 Å². The van der Waals surface area contributed by atoms with Gasteiger partial charge < -0.3 is 5.84 Å². The lowest BCUT2D eigenvalue weighted by Crippen LogP contribution is -2.26. The van der Waals surface area contributed by atoms with Crippen molar-refractivity contribution in [2.75, 3.05) is 5.84 Å². The minimum atomic E-state index is -0.329. The summed E-state index contributed by atoms with van der Waals surface area (Å²) in [5.41, 5.74) is -0.329. The van der Waals surface area contributed by atoms with E-state index in [4.69, 9.17) is 5.84 Å². The van der Waals surface area contributed by atoms with Crippen LogP contribution in [0.4, 0.5) is 0 Å². The van der Waals surface area contributed by atoms with Crippen molar-refractivity contribution < 1.29 is 0 Å². The van der Waals surface area contributed by atoms with Crippen molar-refractivity contribution in [3.8, 4) is 0 Å². The van der Waals surface area contributed by atoms with Crippen LogP contribution in [0.3, 0.4) is 0 Å². The second kappa shape index (κ2) is 12.3. The monoisotopic (exact) mass is 310 g/mol. The number of rotatable bonds is 14. The van der Waals surface area contributed by atoms with E-state index >= 15 is 0 Å². The first kappa shape index (κ1) is 18.8. The molecule has 0 aliphatic heterocycles. The minimum Gasteiger partial charge on any atom is -0.333 e. The normalized spacial score (nSPS) is 11.1. The number of hydrogen-bond donors (Lipinski definition) is 2. The Bertz CT molecular complexity index is 425. The fraction of sp³-hybridized carbons (Fsp3) is 0.882. The van der Waals surface area contributed by atoms with Gasteiger partial charge in [-0.2, -0.15) is 9.77 Å². The Morgan fingerprint density at radius 2 is 1.32 bits per heavy atom. The van der Waals surface area contributed by atoms with Gasteiger partial charge in [-0.05, 0) is 6.42 Å². The quantitative estimate of drug-likeness (QED) is 0.404. The first-order chi connectivity index (χ1) is 10.8. The van der Waals surface area contributed by atoms with Gasteiger partial charge in [-0.25, -0.2) is 9.89 Å². The van der Waals surface area contributed by atoms with Crippen molar-refractivity contribution in [1.29, 1.82) is 0 Å². The average molecular weight is 310 g/mol. The molecule has 0 saturated heterocycles. The van der Waals surface area contributed by atoms with Gasteiger partial charge in [0.1, 0.15) is 0 Å². The number of nitrogens with one attached hydrogen (secondary N) is 1. The molecule has 5 heteroatoms. The van der Waals surface area contributed by atoms with E-state index < -0.39 is 0 Å². The van der Waals surface area contributed by atoms with Crippen molar-refractivity contribution in [1.82, 2.24) is 14.9 Å². The van der Waals surface area contributed by atoms with Gasteiger partial charge >= 0.3 is 5.69 Å². The van der Waals surface area contributed by atoms with Gasteiger partial charge in [0.25, 0.3) is 0 Å². The number of aromatic nitrogens is 3. The summed E-state index contributed by atoms with van der Waals surface area (Å²) in [5, 5.41) is 6.28. The predicted molar refractivity (Wildman–Crippen MR) is 92.4 cm³/mol. The molecule has 0 fully saturated rings. The van der Waals surface area contributed by atoms with E-state index in [1.807, 2.05) is 0 Å². The maximum Gasteiger partial charge on any atom is 0.361 e. The van der Waals surface area contributed by atoms with E-state index in [2.05, 4.69) is 17.1 Å². The molecule has 0 radical (unpaired) electrons. The fourth-order valence-corrected chi connectivity index (χ4v) is 2.81. The summed E-state index contributed by atoms with van der Waals surface area (Å²) in [5.74, 6) is 6.22. The molecule has 3 N–H and O–H groups in total. The molecule has 1 aromatic heterocycles. The number of hydrogen-bond acceptors (Lipinski definition) is 3. The first-order valence-corrected chi connectivity index (χ1v) is 9.17. The Balaban J connectivity index is 1.82. The molecule has 1 heterocycles. The largest absolute Gasteiger partial charge is 0.361 e. The summed E-state index contributed by atoms with van der Waals surface area (Å²) in [6.45, 7) is 2.27. The van der Waals surface area contributed by atoms with E-state index in [0.29, 0.717) is 5.82 Å². The average Bonchev–Trinajstić information content (AvgIpc) is 2.84. The van der Waals surface area contributed by atoms with E-state index in [1.165, 1.54) is 77.0 Å². The highest BCUT2D eigenvalue weighted by Crippen LogP contribution is 2.12. The Morgan fingerprint density at radius 1 is 0.864 bits per heavy atom. The molecule has 0 amide bonds. The number of nitrogens with two attached hydrogens (primary N) is 1. The predicted octanol–water partition coefficient (Wildman–Crippen LogP) is 3.92. The summed E-state index contributed by atoms with van der Waals surface area (Å²) < 4.78 is 1.11. The minimum absolute atomic E-state index is 0.329. The maximum absolute atomic E-state index is 11.1. The van der Waals surface area contributed by atoms with Crippen molar-refractivity contribution in [3.05, 3.63) is 16.3 Å². The third kappa shape index (κ3) is 8.25. The van der Waals surface area contributed by atoms with Crippen LogP contribution >= 0.6 is 0 Å². The lowest BCUT2D eigenvalue weighted by molar-refractivity contribution is 0.537. The highest BCUT2D eigenvalue weighted by Gasteiger charge is 2.03. The summed E-state index contributed by atoms with van der Waals surface area (Å²) >= 11 is 0. The number of unbranched alkanes of at least 4 members (excludes halogenated alkanes) is 12. The van der Waals surface area contributed by atoms with Crippen molar-refractivity contribution in [2.45, 2.75) is 96.8 Å². The SMILES string of the molecule is CCCCCCCCCCCCCCCc1n[nH]c(=O)n1N. The number of nitrogen functional groups attached to an aromatic ring is 1. The van der Waals surface area contributed by atoms with Crippen molar-refractivity contribution in [3.63, 3.8) is 0 Å². The van der Waals surface area contributed by atoms with Crippen molar-refractivity contribution >= 4 is 0 Å². The Morgan fingerprint density at radius 3 is 1.73 bits per heavy atom. The molecule has 22 heavy (non-hydrogen) atoms. The molecular weight excluding hydrogens is 276 g/mol. The summed E-state index contributed by atoms with van der Waals surface area (Å²) in [6, 6.07) is 0. The maximum atomic E-state index is 11.1. The molecule has 0 spiro atoms. The number of H-pyrrole nitrogens is 1. The molecule has 0 aliphatic carbocycles. The van der Waals surface area contributed by atoms with Crippen LogP contribution in [0.5, 0.6) is 0 Å². The van der Waals surface area contributed by atoms with Crippen LogP contribution in [-0.2, 0) is 6.42 Å². The number of aryl methyl sites for hydroxylation is 1. The second-order valence-electron chi connectivity index (χ2n) is 6.31. The van der Waals surface area contributed by atoms with Crippen molar-refractivity contribution in [2.24, 2.45) is 0 Å². The third-order valence-corrected chi connectivity index (χ3v) is 4.28. The standard InChI is InChI=1S/C17H34N4O/c1-2-3-4-5-6-7-8-9-10-11-12-13-14-15-16-19-20-17(22)21(16)18/h2-15,18H2,1H3,(H,20,22). The smallest absolute Gasteiger partial charge is 0.333 e. The molecule has 0 atom stereocenters. The van der Waals surface area contributed by atoms with Gasteiger partial charge in [0.05, 0.1) is 0 Å². The molecule has 128 valence electrons. The zero-order valence-corrected chi connectivity index (χ0v) is 14.3. The summed E-state index contributed by atoms with van der Waals surface area (Å²) in [4.78, 5) is 11.1. The van der Waals surface area contributed by atoms with E-state index in [1.54, 1.807) is 0 Å². The van der Waals surface area contributed by atoms with Crippen LogP contribution in [0.2, 0.25) is 0 Å². The second-order valence-corrected chi connectivity index (χ2v) is 6.31. The molecular formula is C17H34N4O. The fourth-order valence-electron chi connectivity index (χ4n) is 2.81. The van der Waals surface area contributed by atoms with Gasteiger partial charge in [-0.15, -0.1) is 0 Å². The highest BCUT2D eigenvalue weighted by atomic mass is 16.2. The number of aromatic amines is 1. The van der Waals surface area contributed by atoms with E-state index in [0.717, 1.165) is 17.5 Å². The Labute approximate surface area is 134 Å². The van der Waals surface area contributed by atoms with Gasteiger partial charge in [-0.1, -0.05) is 84.0 Å². The molecule has 1 aromatic rings. The summed E-state index contributed by atoms with van der Waals surface area (Å²) in [6.07, 6.45) is 18.2. The van der Waals surface area contributed by atoms with Gasteiger partial charge in [-0.3, -0.25) is 0 Å². The lowest BCUT2D eigenvalue weighted by atomic mass is 10.0. The van der Waals surface area contributed by atoms with Crippen LogP contribution < -0.4 is 11.5 Å². The summed E-state index contributed by atoms with van der Waals surface area (Å²) in [7, 11) is 0. The van der Waals surface area contributed by atoms with Gasteiger partial charge in [0.15, 0.2) is 5.82 Å². The Kier molecular flexibility index (Phi) is 10.5. The van der Waals surface area contributed by atoms with Gasteiger partial charge in [0, 0.05) is 6.42 Å². The molecule has 1 rings (SSSR count). The first-order valence-electron chi connectivity index (χ1n) is 9.17. The van der Waals surface area contributed by atoms with E-state index in [-0.39, 0.29) is 5.69 Å². The molecule has 0 saturated carbocycles. The highest BCUT2D eigenvalue weighted by molar-refractivity contribution is 4.85. The molecule has 0 aliphatic rings. The lowest BCUT2D eigenvalue weighted by Gasteiger charge is -2.03. The molecule has 5 nitrogen and oxygen atoms in total. The topological polar surface area (TPSA) is 76.7 Å². The van der Waals surface area contributed by atoms with Gasteiger partial charge in [0.2, 0.25) is 0 Å². The van der Waals surface area contributed by atoms with Crippen LogP contribution in [0.15, 0.2) is 4.79 Å². The van der Waals surface area contributed by atoms with E-state index in [9.17, 15) is 4.79 Å². The molecule has 0 bridgehead atoms.